The standard InChI is InChI=1S/C14H15BF6N2/c16-13(17,18)8-5-9(14(19,20)21)7-10(6-8)15-22-11-3-1-2-4-12(11)23-15/h5-7,11-12,22-23H,1-4H2/t11-,12-/m1/s1. The lowest BCUT2D eigenvalue weighted by Crippen LogP contribution is -2.50. The minimum Gasteiger partial charge on any atom is -0.334 e. The van der Waals surface area contributed by atoms with E-state index in [2.05, 4.69) is 10.5 Å². The average Bonchev–Trinajstić information content (AvgIpc) is 2.89. The Morgan fingerprint density at radius 3 is 1.61 bits per heavy atom. The molecule has 23 heavy (non-hydrogen) atoms. The Labute approximate surface area is 129 Å². The second kappa shape index (κ2) is 5.70. The molecule has 126 valence electrons. The van der Waals surface area contributed by atoms with Crippen LogP contribution in [0.4, 0.5) is 26.3 Å². The fraction of sp³-hybridized carbons (Fsp3) is 0.571. The van der Waals surface area contributed by atoms with Gasteiger partial charge < -0.3 is 10.5 Å². The summed E-state index contributed by atoms with van der Waals surface area (Å²) in [5, 5.41) is 6.24. The molecular formula is C14H15BF6N2. The van der Waals surface area contributed by atoms with Crippen LogP contribution in [0.5, 0.6) is 0 Å². The Kier molecular flexibility index (Phi) is 4.12. The van der Waals surface area contributed by atoms with Crippen LogP contribution in [0.15, 0.2) is 18.2 Å². The molecule has 0 spiro atoms. The van der Waals surface area contributed by atoms with Gasteiger partial charge in [0, 0.05) is 12.1 Å². The maximum atomic E-state index is 12.9. The molecule has 0 unspecified atom stereocenters. The van der Waals surface area contributed by atoms with Crippen molar-refractivity contribution in [1.29, 1.82) is 0 Å². The number of halogens is 6. The van der Waals surface area contributed by atoms with Gasteiger partial charge in [-0.1, -0.05) is 25.0 Å². The van der Waals surface area contributed by atoms with E-state index in [1.165, 1.54) is 0 Å². The molecule has 1 aromatic carbocycles. The Bertz CT molecular complexity index is 539. The van der Waals surface area contributed by atoms with E-state index in [4.69, 9.17) is 0 Å². The van der Waals surface area contributed by atoms with E-state index in [9.17, 15) is 26.3 Å². The van der Waals surface area contributed by atoms with Gasteiger partial charge in [0.15, 0.2) is 0 Å². The van der Waals surface area contributed by atoms with Crippen LogP contribution in [-0.2, 0) is 12.4 Å². The van der Waals surface area contributed by atoms with Crippen molar-refractivity contribution in [1.82, 2.24) is 10.5 Å². The van der Waals surface area contributed by atoms with Crippen LogP contribution in [0.25, 0.3) is 0 Å². The van der Waals surface area contributed by atoms with Gasteiger partial charge in [-0.15, -0.1) is 0 Å². The number of fused-ring (bicyclic) bond motifs is 1. The van der Waals surface area contributed by atoms with Crippen molar-refractivity contribution in [2.75, 3.05) is 0 Å². The number of hydrogen-bond donors (Lipinski definition) is 2. The van der Waals surface area contributed by atoms with Gasteiger partial charge in [-0.2, -0.15) is 26.3 Å². The van der Waals surface area contributed by atoms with E-state index < -0.39 is 30.5 Å². The van der Waals surface area contributed by atoms with E-state index >= 15 is 0 Å². The van der Waals surface area contributed by atoms with Crippen molar-refractivity contribution in [2.24, 2.45) is 0 Å². The van der Waals surface area contributed by atoms with Gasteiger partial charge >= 0.3 is 19.3 Å². The molecule has 0 bridgehead atoms. The highest BCUT2D eigenvalue weighted by Gasteiger charge is 2.41. The molecule has 1 aliphatic carbocycles. The van der Waals surface area contributed by atoms with Gasteiger partial charge in [0.1, 0.15) is 0 Å². The summed E-state index contributed by atoms with van der Waals surface area (Å²) in [7, 11) is 0. The molecule has 1 saturated heterocycles. The monoisotopic (exact) mass is 336 g/mol. The quantitative estimate of drug-likeness (QED) is 0.609. The maximum Gasteiger partial charge on any atom is 0.416 e. The van der Waals surface area contributed by atoms with Crippen LogP contribution in [0, 0.1) is 0 Å². The van der Waals surface area contributed by atoms with E-state index in [1.807, 2.05) is 0 Å². The molecule has 0 amide bonds. The van der Waals surface area contributed by atoms with E-state index in [0.29, 0.717) is 0 Å². The van der Waals surface area contributed by atoms with Crippen LogP contribution < -0.4 is 15.9 Å². The van der Waals surface area contributed by atoms with E-state index in [0.717, 1.165) is 37.8 Å². The van der Waals surface area contributed by atoms with Crippen LogP contribution in [0.1, 0.15) is 36.8 Å². The number of benzene rings is 1. The van der Waals surface area contributed by atoms with Crippen molar-refractivity contribution in [2.45, 2.75) is 50.1 Å². The normalized spacial score (nSPS) is 25.6. The molecule has 0 aromatic heterocycles. The van der Waals surface area contributed by atoms with Gasteiger partial charge in [-0.25, -0.2) is 0 Å². The third-order valence-electron chi connectivity index (χ3n) is 4.47. The van der Waals surface area contributed by atoms with Gasteiger partial charge in [0.05, 0.1) is 11.1 Å². The fourth-order valence-corrected chi connectivity index (χ4v) is 3.34. The minimum absolute atomic E-state index is 0.0263. The molecule has 3 rings (SSSR count). The van der Waals surface area contributed by atoms with E-state index in [-0.39, 0.29) is 23.6 Å². The second-order valence-electron chi connectivity index (χ2n) is 6.10. The molecule has 2 atom stereocenters. The first-order valence-corrected chi connectivity index (χ1v) is 7.46. The first kappa shape index (κ1) is 16.6. The molecule has 1 saturated carbocycles. The summed E-state index contributed by atoms with van der Waals surface area (Å²) in [6, 6.07) is 1.93. The molecule has 2 N–H and O–H groups in total. The maximum absolute atomic E-state index is 12.9. The molecule has 1 heterocycles. The number of hydrogen-bond acceptors (Lipinski definition) is 2. The molecule has 1 aliphatic heterocycles. The van der Waals surface area contributed by atoms with Crippen molar-refractivity contribution < 1.29 is 26.3 Å². The predicted octanol–water partition coefficient (Wildman–Crippen LogP) is 2.92. The van der Waals surface area contributed by atoms with Crippen molar-refractivity contribution in [3.8, 4) is 0 Å². The summed E-state index contributed by atoms with van der Waals surface area (Å²) in [6.45, 7) is -0.688. The van der Waals surface area contributed by atoms with Crippen LogP contribution in [0.3, 0.4) is 0 Å². The topological polar surface area (TPSA) is 24.1 Å². The van der Waals surface area contributed by atoms with Crippen LogP contribution in [0.2, 0.25) is 0 Å². The zero-order valence-corrected chi connectivity index (χ0v) is 12.1. The largest absolute Gasteiger partial charge is 0.416 e. The Hall–Kier alpha value is -1.22. The summed E-state index contributed by atoms with van der Waals surface area (Å²) in [4.78, 5) is 0. The summed E-state index contributed by atoms with van der Waals surface area (Å²) < 4.78 is 77.5. The average molecular weight is 336 g/mol. The molecule has 9 heteroatoms. The second-order valence-corrected chi connectivity index (χ2v) is 6.10. The lowest BCUT2D eigenvalue weighted by molar-refractivity contribution is -0.142. The minimum atomic E-state index is -4.82. The van der Waals surface area contributed by atoms with Crippen LogP contribution in [-0.4, -0.2) is 19.1 Å². The molecule has 2 fully saturated rings. The zero-order valence-electron chi connectivity index (χ0n) is 12.1. The highest BCUT2D eigenvalue weighted by Crippen LogP contribution is 2.35. The lowest BCUT2D eigenvalue weighted by Gasteiger charge is -2.24. The Balaban J connectivity index is 1.95. The van der Waals surface area contributed by atoms with Crippen LogP contribution >= 0.6 is 0 Å². The molecular weight excluding hydrogens is 321 g/mol. The summed E-state index contributed by atoms with van der Waals surface area (Å²) in [5.41, 5.74) is -2.58. The molecule has 0 radical (unpaired) electrons. The summed E-state index contributed by atoms with van der Waals surface area (Å²) in [6.07, 6.45) is -5.86. The van der Waals surface area contributed by atoms with Gasteiger partial charge in [0.25, 0.3) is 0 Å². The Morgan fingerprint density at radius 1 is 0.783 bits per heavy atom. The third kappa shape index (κ3) is 3.50. The van der Waals surface area contributed by atoms with E-state index in [1.54, 1.807) is 0 Å². The molecule has 1 aromatic rings. The number of nitrogens with one attached hydrogen (secondary N) is 2. The lowest BCUT2D eigenvalue weighted by atomic mass is 9.68. The van der Waals surface area contributed by atoms with Gasteiger partial charge in [-0.05, 0) is 24.4 Å². The smallest absolute Gasteiger partial charge is 0.334 e. The first-order valence-electron chi connectivity index (χ1n) is 7.46. The molecule has 2 nitrogen and oxygen atoms in total. The van der Waals surface area contributed by atoms with Crippen molar-refractivity contribution in [3.63, 3.8) is 0 Å². The SMILES string of the molecule is FC(F)(F)c1cc(B2N[C@@H]3CCCC[C@H]3N2)cc(C(F)(F)F)c1. The first-order chi connectivity index (χ1) is 10.6. The Morgan fingerprint density at radius 2 is 1.22 bits per heavy atom. The number of alkyl halides is 6. The van der Waals surface area contributed by atoms with Gasteiger partial charge in [0.2, 0.25) is 0 Å². The fourth-order valence-electron chi connectivity index (χ4n) is 3.34. The highest BCUT2D eigenvalue weighted by molar-refractivity contribution is 6.69. The predicted molar refractivity (Wildman–Crippen MR) is 74.1 cm³/mol. The number of rotatable bonds is 1. The summed E-state index contributed by atoms with van der Waals surface area (Å²) >= 11 is 0. The summed E-state index contributed by atoms with van der Waals surface area (Å²) in [5.74, 6) is 0. The highest BCUT2D eigenvalue weighted by atomic mass is 19.4. The zero-order chi connectivity index (χ0) is 16.8. The van der Waals surface area contributed by atoms with Crippen molar-refractivity contribution in [3.05, 3.63) is 29.3 Å². The third-order valence-corrected chi connectivity index (χ3v) is 4.47. The van der Waals surface area contributed by atoms with Gasteiger partial charge in [-0.3, -0.25) is 0 Å². The van der Waals surface area contributed by atoms with Crippen molar-refractivity contribution >= 4 is 12.4 Å². The molecule has 2 aliphatic rings.